The number of halogens is 1. The molecule has 3 rings (SSSR count). The molecule has 2 aliphatic rings. The summed E-state index contributed by atoms with van der Waals surface area (Å²) in [7, 11) is -3.09. The number of benzene rings is 1. The Morgan fingerprint density at radius 2 is 1.92 bits per heavy atom. The standard InChI is InChI=1S/C17H22FN3O4S/c18-13-5-3-12(4-6-13)15-2-1-8-21(15)10-16(22)20-17(23)19-14-7-9-26(24,25)11-14/h3-6,14-15H,1-2,7-11H2,(H2,19,20,22,23)/t14-,15-/m1/s1. The van der Waals surface area contributed by atoms with Crippen molar-refractivity contribution < 1.29 is 22.4 Å². The van der Waals surface area contributed by atoms with E-state index < -0.39 is 27.8 Å². The molecule has 1 aromatic rings. The summed E-state index contributed by atoms with van der Waals surface area (Å²) in [6.07, 6.45) is 2.15. The Kier molecular flexibility index (Phi) is 5.57. The number of nitrogens with zero attached hydrogens (tertiary/aromatic N) is 1. The van der Waals surface area contributed by atoms with E-state index in [0.29, 0.717) is 6.42 Å². The molecule has 1 aromatic carbocycles. The smallest absolute Gasteiger partial charge is 0.321 e. The molecule has 0 unspecified atom stereocenters. The monoisotopic (exact) mass is 383 g/mol. The van der Waals surface area contributed by atoms with E-state index in [9.17, 15) is 22.4 Å². The second-order valence-corrected chi connectivity index (χ2v) is 9.03. The van der Waals surface area contributed by atoms with Crippen LogP contribution in [0.2, 0.25) is 0 Å². The zero-order valence-electron chi connectivity index (χ0n) is 14.3. The number of rotatable bonds is 4. The minimum atomic E-state index is -3.09. The van der Waals surface area contributed by atoms with Crippen LogP contribution in [-0.2, 0) is 14.6 Å². The molecule has 2 N–H and O–H groups in total. The maximum absolute atomic E-state index is 13.1. The molecule has 2 atom stereocenters. The van der Waals surface area contributed by atoms with E-state index in [1.165, 1.54) is 12.1 Å². The van der Waals surface area contributed by atoms with Gasteiger partial charge in [-0.2, -0.15) is 0 Å². The molecular weight excluding hydrogens is 361 g/mol. The number of urea groups is 1. The molecule has 7 nitrogen and oxygen atoms in total. The predicted octanol–water partition coefficient (Wildman–Crippen LogP) is 0.976. The third-order valence-corrected chi connectivity index (χ3v) is 6.55. The maximum atomic E-state index is 13.1. The number of carbonyl (C=O) groups excluding carboxylic acids is 2. The fourth-order valence-corrected chi connectivity index (χ4v) is 5.23. The maximum Gasteiger partial charge on any atom is 0.321 e. The average Bonchev–Trinajstić information content (AvgIpc) is 3.14. The van der Waals surface area contributed by atoms with Crippen LogP contribution < -0.4 is 10.6 Å². The van der Waals surface area contributed by atoms with Gasteiger partial charge in [0.2, 0.25) is 5.91 Å². The van der Waals surface area contributed by atoms with Crippen LogP contribution in [0, 0.1) is 5.82 Å². The number of sulfone groups is 1. The summed E-state index contributed by atoms with van der Waals surface area (Å²) in [4.78, 5) is 26.0. The van der Waals surface area contributed by atoms with Crippen LogP contribution in [0.15, 0.2) is 24.3 Å². The number of hydrogen-bond acceptors (Lipinski definition) is 5. The van der Waals surface area contributed by atoms with Gasteiger partial charge in [-0.15, -0.1) is 0 Å². The minimum Gasteiger partial charge on any atom is -0.334 e. The van der Waals surface area contributed by atoms with Gasteiger partial charge >= 0.3 is 6.03 Å². The summed E-state index contributed by atoms with van der Waals surface area (Å²) in [5.74, 6) is -0.786. The SMILES string of the molecule is O=C(CN1CCC[C@@H]1c1ccc(F)cc1)NC(=O)N[C@@H]1CCS(=O)(=O)C1. The third-order valence-electron chi connectivity index (χ3n) is 4.79. The topological polar surface area (TPSA) is 95.6 Å². The van der Waals surface area contributed by atoms with E-state index in [0.717, 1.165) is 24.9 Å². The average molecular weight is 383 g/mol. The summed E-state index contributed by atoms with van der Waals surface area (Å²) >= 11 is 0. The number of likely N-dealkylation sites (tertiary alicyclic amines) is 1. The van der Waals surface area contributed by atoms with Crippen LogP contribution in [0.5, 0.6) is 0 Å². The zero-order chi connectivity index (χ0) is 18.7. The second kappa shape index (κ2) is 7.71. The first-order valence-electron chi connectivity index (χ1n) is 8.63. The molecule has 0 spiro atoms. The van der Waals surface area contributed by atoms with E-state index in [4.69, 9.17) is 0 Å². The Bertz CT molecular complexity index is 782. The highest BCUT2D eigenvalue weighted by Gasteiger charge is 2.30. The fourth-order valence-electron chi connectivity index (χ4n) is 3.56. The van der Waals surface area contributed by atoms with Gasteiger partial charge in [0.15, 0.2) is 9.84 Å². The molecule has 0 saturated carbocycles. The highest BCUT2D eigenvalue weighted by atomic mass is 32.2. The van der Waals surface area contributed by atoms with E-state index in [1.807, 2.05) is 4.90 Å². The number of amides is 3. The highest BCUT2D eigenvalue weighted by Crippen LogP contribution is 2.31. The van der Waals surface area contributed by atoms with Crippen LogP contribution in [0.1, 0.15) is 30.9 Å². The summed E-state index contributed by atoms with van der Waals surface area (Å²) < 4.78 is 35.9. The van der Waals surface area contributed by atoms with Crippen molar-refractivity contribution in [2.75, 3.05) is 24.6 Å². The summed E-state index contributed by atoms with van der Waals surface area (Å²) in [5.41, 5.74) is 0.942. The summed E-state index contributed by atoms with van der Waals surface area (Å²) in [6.45, 7) is 0.774. The predicted molar refractivity (Wildman–Crippen MR) is 93.7 cm³/mol. The Balaban J connectivity index is 1.50. The first-order chi connectivity index (χ1) is 12.3. The van der Waals surface area contributed by atoms with Gasteiger partial charge in [-0.1, -0.05) is 12.1 Å². The lowest BCUT2D eigenvalue weighted by atomic mass is 10.0. The summed E-state index contributed by atoms with van der Waals surface area (Å²) in [6, 6.07) is 5.11. The molecule has 3 amide bonds. The van der Waals surface area contributed by atoms with E-state index in [1.54, 1.807) is 12.1 Å². The molecule has 0 bridgehead atoms. The van der Waals surface area contributed by atoms with Gasteiger partial charge in [-0.3, -0.25) is 15.0 Å². The lowest BCUT2D eigenvalue weighted by Gasteiger charge is -2.24. The van der Waals surface area contributed by atoms with E-state index in [-0.39, 0.29) is 29.9 Å². The molecule has 2 saturated heterocycles. The van der Waals surface area contributed by atoms with Crippen molar-refractivity contribution in [2.24, 2.45) is 0 Å². The molecule has 2 fully saturated rings. The van der Waals surface area contributed by atoms with Crippen LogP contribution in [0.4, 0.5) is 9.18 Å². The Morgan fingerprint density at radius 1 is 1.19 bits per heavy atom. The molecule has 2 heterocycles. The first-order valence-corrected chi connectivity index (χ1v) is 10.4. The van der Waals surface area contributed by atoms with Crippen LogP contribution in [0.25, 0.3) is 0 Å². The van der Waals surface area contributed by atoms with Crippen LogP contribution >= 0.6 is 0 Å². The van der Waals surface area contributed by atoms with Gasteiger partial charge < -0.3 is 5.32 Å². The van der Waals surface area contributed by atoms with Crippen molar-refractivity contribution in [3.8, 4) is 0 Å². The number of hydrogen-bond donors (Lipinski definition) is 2. The molecule has 2 aliphatic heterocycles. The van der Waals surface area contributed by atoms with Crippen molar-refractivity contribution in [1.82, 2.24) is 15.5 Å². The van der Waals surface area contributed by atoms with Crippen molar-refractivity contribution in [3.05, 3.63) is 35.6 Å². The Hall–Kier alpha value is -2.00. The highest BCUT2D eigenvalue weighted by molar-refractivity contribution is 7.91. The Labute approximate surface area is 151 Å². The Morgan fingerprint density at radius 3 is 2.58 bits per heavy atom. The van der Waals surface area contributed by atoms with Crippen molar-refractivity contribution in [1.29, 1.82) is 0 Å². The lowest BCUT2D eigenvalue weighted by molar-refractivity contribution is -0.121. The summed E-state index contributed by atoms with van der Waals surface area (Å²) in [5, 5.41) is 4.79. The van der Waals surface area contributed by atoms with Gasteiger partial charge in [0, 0.05) is 12.1 Å². The lowest BCUT2D eigenvalue weighted by Crippen LogP contribution is -2.47. The third kappa shape index (κ3) is 4.79. The number of imide groups is 1. The molecule has 0 aliphatic carbocycles. The molecular formula is C17H22FN3O4S. The molecule has 9 heteroatoms. The largest absolute Gasteiger partial charge is 0.334 e. The number of nitrogens with one attached hydrogen (secondary N) is 2. The van der Waals surface area contributed by atoms with Gasteiger partial charge in [-0.05, 0) is 43.5 Å². The van der Waals surface area contributed by atoms with Gasteiger partial charge in [-0.25, -0.2) is 17.6 Å². The van der Waals surface area contributed by atoms with Crippen LogP contribution in [-0.4, -0.2) is 55.9 Å². The van der Waals surface area contributed by atoms with Crippen molar-refractivity contribution >= 4 is 21.8 Å². The van der Waals surface area contributed by atoms with E-state index in [2.05, 4.69) is 10.6 Å². The van der Waals surface area contributed by atoms with Gasteiger partial charge in [0.25, 0.3) is 0 Å². The molecule has 0 radical (unpaired) electrons. The molecule has 26 heavy (non-hydrogen) atoms. The molecule has 142 valence electrons. The second-order valence-electron chi connectivity index (χ2n) is 6.80. The van der Waals surface area contributed by atoms with Crippen molar-refractivity contribution in [3.63, 3.8) is 0 Å². The molecule has 0 aromatic heterocycles. The first kappa shape index (κ1) is 18.8. The van der Waals surface area contributed by atoms with Crippen LogP contribution in [0.3, 0.4) is 0 Å². The minimum absolute atomic E-state index is 0.0180. The quantitative estimate of drug-likeness (QED) is 0.808. The van der Waals surface area contributed by atoms with Gasteiger partial charge in [0.1, 0.15) is 5.82 Å². The zero-order valence-corrected chi connectivity index (χ0v) is 15.1. The number of carbonyl (C=O) groups is 2. The normalized spacial score (nSPS) is 25.1. The van der Waals surface area contributed by atoms with Crippen molar-refractivity contribution in [2.45, 2.75) is 31.3 Å². The fraction of sp³-hybridized carbons (Fsp3) is 0.529. The van der Waals surface area contributed by atoms with E-state index >= 15 is 0 Å². The van der Waals surface area contributed by atoms with Gasteiger partial charge in [0.05, 0.1) is 18.1 Å².